The third kappa shape index (κ3) is 5.32. The first kappa shape index (κ1) is 24.4. The first-order chi connectivity index (χ1) is 16.3. The van der Waals surface area contributed by atoms with Crippen LogP contribution >= 0.6 is 0 Å². The number of benzene rings is 2. The van der Waals surface area contributed by atoms with E-state index in [1.54, 1.807) is 35.2 Å². The second-order valence-corrected chi connectivity index (χ2v) is 11.0. The highest BCUT2D eigenvalue weighted by atomic mass is 32.2. The minimum absolute atomic E-state index is 0.0286. The Kier molecular flexibility index (Phi) is 7.35. The van der Waals surface area contributed by atoms with Gasteiger partial charge in [0.1, 0.15) is 0 Å². The van der Waals surface area contributed by atoms with E-state index in [1.165, 1.54) is 9.87 Å². The van der Waals surface area contributed by atoms with Crippen molar-refractivity contribution in [1.82, 2.24) is 14.5 Å². The number of aryl methyl sites for hydroxylation is 2. The van der Waals surface area contributed by atoms with Gasteiger partial charge in [-0.15, -0.1) is 0 Å². The van der Waals surface area contributed by atoms with Crippen molar-refractivity contribution < 1.29 is 18.0 Å². The Hall–Kier alpha value is -2.75. The molecule has 0 saturated carbocycles. The van der Waals surface area contributed by atoms with Crippen molar-refractivity contribution in [2.75, 3.05) is 50.7 Å². The molecule has 0 aliphatic carbocycles. The third-order valence-electron chi connectivity index (χ3n) is 6.74. The summed E-state index contributed by atoms with van der Waals surface area (Å²) in [5.74, 6) is -0.494. The summed E-state index contributed by atoms with van der Waals surface area (Å²) in [6.45, 7) is 7.63. The number of nitrogens with zero attached hydrogens (tertiary/aromatic N) is 3. The molecule has 2 saturated heterocycles. The third-order valence-corrected chi connectivity index (χ3v) is 8.65. The van der Waals surface area contributed by atoms with Gasteiger partial charge < -0.3 is 10.2 Å². The van der Waals surface area contributed by atoms with Gasteiger partial charge in [-0.25, -0.2) is 8.42 Å². The van der Waals surface area contributed by atoms with Gasteiger partial charge in [-0.3, -0.25) is 14.5 Å². The van der Waals surface area contributed by atoms with Gasteiger partial charge >= 0.3 is 0 Å². The van der Waals surface area contributed by atoms with Crippen LogP contribution in [-0.4, -0.2) is 75.3 Å². The quantitative estimate of drug-likeness (QED) is 0.647. The minimum atomic E-state index is -3.47. The van der Waals surface area contributed by atoms with Crippen molar-refractivity contribution in [2.45, 2.75) is 25.2 Å². The summed E-state index contributed by atoms with van der Waals surface area (Å²) in [6, 6.07) is 14.4. The second-order valence-electron chi connectivity index (χ2n) is 9.02. The van der Waals surface area contributed by atoms with Crippen molar-refractivity contribution in [3.63, 3.8) is 0 Å². The molecule has 1 unspecified atom stereocenters. The molecule has 2 fully saturated rings. The molecule has 4 rings (SSSR count). The smallest absolute Gasteiger partial charge is 0.243 e. The molecule has 182 valence electrons. The number of nitrogens with one attached hydrogen (secondary N) is 1. The summed E-state index contributed by atoms with van der Waals surface area (Å²) in [4.78, 5) is 29.3. The minimum Gasteiger partial charge on any atom is -0.355 e. The lowest BCUT2D eigenvalue weighted by Gasteiger charge is -2.34. The van der Waals surface area contributed by atoms with E-state index in [4.69, 9.17) is 0 Å². The zero-order valence-corrected chi connectivity index (χ0v) is 20.6. The SMILES string of the molecule is Cc1ccc(N2CC(C(=O)NCCN3CCN(S(=O)(=O)c4ccccc4)CC3)CC2=O)cc1C. The van der Waals surface area contributed by atoms with Crippen LogP contribution < -0.4 is 10.2 Å². The monoisotopic (exact) mass is 484 g/mol. The molecule has 0 spiro atoms. The van der Waals surface area contributed by atoms with Crippen LogP contribution in [0.2, 0.25) is 0 Å². The number of hydrogen-bond donors (Lipinski definition) is 1. The highest BCUT2D eigenvalue weighted by Gasteiger charge is 2.35. The fourth-order valence-corrected chi connectivity index (χ4v) is 5.89. The number of rotatable bonds is 7. The van der Waals surface area contributed by atoms with Crippen molar-refractivity contribution in [3.8, 4) is 0 Å². The highest BCUT2D eigenvalue weighted by molar-refractivity contribution is 7.89. The summed E-state index contributed by atoms with van der Waals surface area (Å²) in [7, 11) is -3.47. The molecule has 0 bridgehead atoms. The van der Waals surface area contributed by atoms with Crippen molar-refractivity contribution in [1.29, 1.82) is 0 Å². The van der Waals surface area contributed by atoms with E-state index >= 15 is 0 Å². The largest absolute Gasteiger partial charge is 0.355 e. The van der Waals surface area contributed by atoms with Crippen LogP contribution in [0.1, 0.15) is 17.5 Å². The fraction of sp³-hybridized carbons (Fsp3) is 0.440. The average molecular weight is 485 g/mol. The molecule has 1 N–H and O–H groups in total. The molecule has 2 aromatic carbocycles. The molecule has 1 atom stereocenters. The molecule has 2 amide bonds. The molecule has 2 aromatic rings. The van der Waals surface area contributed by atoms with Crippen LogP contribution in [0.5, 0.6) is 0 Å². The molecule has 8 nitrogen and oxygen atoms in total. The number of carbonyl (C=O) groups is 2. The Labute approximate surface area is 201 Å². The summed E-state index contributed by atoms with van der Waals surface area (Å²) in [6.07, 6.45) is 0.217. The molecule has 2 aliphatic heterocycles. The van der Waals surface area contributed by atoms with Crippen LogP contribution in [0, 0.1) is 19.8 Å². The lowest BCUT2D eigenvalue weighted by atomic mass is 10.1. The first-order valence-corrected chi connectivity index (χ1v) is 13.1. The Morgan fingerprint density at radius 1 is 1.00 bits per heavy atom. The van der Waals surface area contributed by atoms with Gasteiger partial charge in [0.15, 0.2) is 0 Å². The van der Waals surface area contributed by atoms with E-state index in [0.717, 1.165) is 11.3 Å². The molecular weight excluding hydrogens is 452 g/mol. The number of piperazine rings is 1. The van der Waals surface area contributed by atoms with Crippen LogP contribution in [0.3, 0.4) is 0 Å². The summed E-state index contributed by atoms with van der Waals surface area (Å²) < 4.78 is 27.0. The van der Waals surface area contributed by atoms with Gasteiger partial charge in [-0.05, 0) is 49.2 Å². The normalized spacial score (nSPS) is 20.0. The van der Waals surface area contributed by atoms with Gasteiger partial charge in [0.05, 0.1) is 10.8 Å². The molecule has 34 heavy (non-hydrogen) atoms. The lowest BCUT2D eigenvalue weighted by molar-refractivity contribution is -0.126. The van der Waals surface area contributed by atoms with Crippen LogP contribution in [0.4, 0.5) is 5.69 Å². The fourth-order valence-electron chi connectivity index (χ4n) is 4.44. The van der Waals surface area contributed by atoms with E-state index in [2.05, 4.69) is 10.2 Å². The van der Waals surface area contributed by atoms with E-state index < -0.39 is 10.0 Å². The summed E-state index contributed by atoms with van der Waals surface area (Å²) in [5, 5.41) is 2.96. The predicted octanol–water partition coefficient (Wildman–Crippen LogP) is 1.78. The standard InChI is InChI=1S/C25H32N4O4S/c1-19-8-9-22(16-20(19)2)29-18-21(17-24(29)30)25(31)26-10-11-27-12-14-28(15-13-27)34(32,33)23-6-4-3-5-7-23/h3-9,16,21H,10-15,17-18H2,1-2H3,(H,26,31). The Bertz CT molecular complexity index is 1140. The van der Waals surface area contributed by atoms with Gasteiger partial charge in [0.25, 0.3) is 0 Å². The number of sulfonamides is 1. The van der Waals surface area contributed by atoms with E-state index in [-0.39, 0.29) is 24.2 Å². The van der Waals surface area contributed by atoms with E-state index in [1.807, 2.05) is 32.0 Å². The highest BCUT2D eigenvalue weighted by Crippen LogP contribution is 2.27. The molecule has 0 radical (unpaired) electrons. The Balaban J connectivity index is 1.22. The van der Waals surface area contributed by atoms with Gasteiger partial charge in [-0.1, -0.05) is 24.3 Å². The maximum absolute atomic E-state index is 12.8. The molecule has 2 heterocycles. The zero-order chi connectivity index (χ0) is 24.3. The van der Waals surface area contributed by atoms with Gasteiger partial charge in [0, 0.05) is 57.9 Å². The lowest BCUT2D eigenvalue weighted by Crippen LogP contribution is -2.50. The molecule has 0 aromatic heterocycles. The van der Waals surface area contributed by atoms with E-state index in [0.29, 0.717) is 50.7 Å². The maximum Gasteiger partial charge on any atom is 0.243 e. The maximum atomic E-state index is 12.8. The van der Waals surface area contributed by atoms with Crippen LogP contribution in [0.15, 0.2) is 53.4 Å². The predicted molar refractivity (Wildman–Crippen MR) is 131 cm³/mol. The Morgan fingerprint density at radius 3 is 2.38 bits per heavy atom. The molecular formula is C25H32N4O4S. The number of hydrogen-bond acceptors (Lipinski definition) is 5. The zero-order valence-electron chi connectivity index (χ0n) is 19.7. The first-order valence-electron chi connectivity index (χ1n) is 11.7. The summed E-state index contributed by atoms with van der Waals surface area (Å²) in [5.41, 5.74) is 3.13. The van der Waals surface area contributed by atoms with Crippen molar-refractivity contribution in [3.05, 3.63) is 59.7 Å². The van der Waals surface area contributed by atoms with Crippen LogP contribution in [-0.2, 0) is 19.6 Å². The number of amides is 2. The van der Waals surface area contributed by atoms with Gasteiger partial charge in [0.2, 0.25) is 21.8 Å². The van der Waals surface area contributed by atoms with Gasteiger partial charge in [-0.2, -0.15) is 4.31 Å². The van der Waals surface area contributed by atoms with Crippen molar-refractivity contribution >= 4 is 27.5 Å². The Morgan fingerprint density at radius 2 is 1.71 bits per heavy atom. The molecule has 9 heteroatoms. The topological polar surface area (TPSA) is 90.0 Å². The number of anilines is 1. The number of carbonyl (C=O) groups excluding carboxylic acids is 2. The molecule has 2 aliphatic rings. The second kappa shape index (κ2) is 10.2. The van der Waals surface area contributed by atoms with Crippen molar-refractivity contribution in [2.24, 2.45) is 5.92 Å². The van der Waals surface area contributed by atoms with E-state index in [9.17, 15) is 18.0 Å². The van der Waals surface area contributed by atoms with Crippen LogP contribution in [0.25, 0.3) is 0 Å². The average Bonchev–Trinajstić information content (AvgIpc) is 3.23. The summed E-state index contributed by atoms with van der Waals surface area (Å²) >= 11 is 0.